The number of aromatic nitrogens is 3. The number of nitrogens with one attached hydrogen (secondary N) is 1. The van der Waals surface area contributed by atoms with Gasteiger partial charge in [0.15, 0.2) is 5.69 Å². The van der Waals surface area contributed by atoms with Gasteiger partial charge in [0.05, 0.1) is 11.7 Å². The van der Waals surface area contributed by atoms with Gasteiger partial charge in [0.25, 0.3) is 5.91 Å². The Balaban J connectivity index is 1.93. The first kappa shape index (κ1) is 14.6. The lowest BCUT2D eigenvalue weighted by Gasteiger charge is -2.36. The molecule has 22 heavy (non-hydrogen) atoms. The lowest BCUT2D eigenvalue weighted by molar-refractivity contribution is 0.0627. The van der Waals surface area contributed by atoms with Crippen molar-refractivity contribution in [1.29, 1.82) is 0 Å². The SMILES string of the molecule is Cc1c(C(=O)N2CCNCC2c2cccc(F)c2)nnn1C. The number of halogens is 1. The number of benzene rings is 1. The third-order valence-corrected chi connectivity index (χ3v) is 4.05. The number of aryl methyl sites for hydroxylation is 1. The van der Waals surface area contributed by atoms with Crippen LogP contribution in [0.4, 0.5) is 4.39 Å². The van der Waals surface area contributed by atoms with E-state index in [-0.39, 0.29) is 17.8 Å². The molecule has 0 saturated carbocycles. The van der Waals surface area contributed by atoms with Gasteiger partial charge in [-0.2, -0.15) is 0 Å². The molecule has 0 radical (unpaired) electrons. The summed E-state index contributed by atoms with van der Waals surface area (Å²) in [6.45, 7) is 3.66. The summed E-state index contributed by atoms with van der Waals surface area (Å²) in [6, 6.07) is 6.17. The van der Waals surface area contributed by atoms with Gasteiger partial charge in [-0.3, -0.25) is 9.48 Å². The van der Waals surface area contributed by atoms with Gasteiger partial charge in [0, 0.05) is 26.7 Å². The summed E-state index contributed by atoms with van der Waals surface area (Å²) in [5.74, 6) is -0.465. The van der Waals surface area contributed by atoms with Crippen molar-refractivity contribution in [3.8, 4) is 0 Å². The highest BCUT2D eigenvalue weighted by molar-refractivity contribution is 5.93. The van der Waals surface area contributed by atoms with Crippen molar-refractivity contribution < 1.29 is 9.18 Å². The van der Waals surface area contributed by atoms with Crippen LogP contribution >= 0.6 is 0 Å². The Bertz CT molecular complexity index is 699. The molecule has 7 heteroatoms. The molecule has 1 N–H and O–H groups in total. The van der Waals surface area contributed by atoms with Crippen LogP contribution in [0.25, 0.3) is 0 Å². The van der Waals surface area contributed by atoms with Crippen molar-refractivity contribution in [2.45, 2.75) is 13.0 Å². The number of piperazine rings is 1. The molecule has 1 aromatic carbocycles. The Morgan fingerprint density at radius 3 is 2.95 bits per heavy atom. The van der Waals surface area contributed by atoms with Gasteiger partial charge >= 0.3 is 0 Å². The van der Waals surface area contributed by atoms with Crippen molar-refractivity contribution in [3.63, 3.8) is 0 Å². The second-order valence-electron chi connectivity index (χ2n) is 5.42. The van der Waals surface area contributed by atoms with Crippen LogP contribution in [0.1, 0.15) is 27.8 Å². The van der Waals surface area contributed by atoms with Crippen LogP contribution in [0.15, 0.2) is 24.3 Å². The highest BCUT2D eigenvalue weighted by Crippen LogP contribution is 2.24. The van der Waals surface area contributed by atoms with E-state index >= 15 is 0 Å². The number of hydrogen-bond acceptors (Lipinski definition) is 4. The third-order valence-electron chi connectivity index (χ3n) is 4.05. The maximum absolute atomic E-state index is 13.5. The molecule has 0 spiro atoms. The second-order valence-corrected chi connectivity index (χ2v) is 5.42. The standard InChI is InChI=1S/C15H18FN5O/c1-10-14(18-19-20(10)2)15(22)21-7-6-17-9-13(21)11-4-3-5-12(16)8-11/h3-5,8,13,17H,6-7,9H2,1-2H3. The predicted octanol–water partition coefficient (Wildman–Crippen LogP) is 1.05. The van der Waals surface area contributed by atoms with Gasteiger partial charge < -0.3 is 10.2 Å². The average molecular weight is 303 g/mol. The van der Waals surface area contributed by atoms with Gasteiger partial charge in [-0.1, -0.05) is 17.3 Å². The summed E-state index contributed by atoms with van der Waals surface area (Å²) in [6.07, 6.45) is 0. The number of hydrogen-bond donors (Lipinski definition) is 1. The van der Waals surface area contributed by atoms with Crippen molar-refractivity contribution in [2.75, 3.05) is 19.6 Å². The zero-order chi connectivity index (χ0) is 15.7. The van der Waals surface area contributed by atoms with Crippen LogP contribution in [-0.4, -0.2) is 45.4 Å². The molecule has 1 aliphatic heterocycles. The normalized spacial score (nSPS) is 18.5. The fourth-order valence-electron chi connectivity index (χ4n) is 2.70. The van der Waals surface area contributed by atoms with Gasteiger partial charge in [0.1, 0.15) is 5.82 Å². The molecule has 1 saturated heterocycles. The summed E-state index contributed by atoms with van der Waals surface area (Å²) in [5.41, 5.74) is 1.86. The topological polar surface area (TPSA) is 63.1 Å². The quantitative estimate of drug-likeness (QED) is 0.901. The fraction of sp³-hybridized carbons (Fsp3) is 0.400. The molecule has 0 aliphatic carbocycles. The molecule has 6 nitrogen and oxygen atoms in total. The predicted molar refractivity (Wildman–Crippen MR) is 78.8 cm³/mol. The van der Waals surface area contributed by atoms with E-state index in [2.05, 4.69) is 15.6 Å². The molecule has 1 amide bonds. The Labute approximate surface area is 127 Å². The van der Waals surface area contributed by atoms with Crippen molar-refractivity contribution in [1.82, 2.24) is 25.2 Å². The number of carbonyl (C=O) groups is 1. The first-order valence-corrected chi connectivity index (χ1v) is 7.21. The van der Waals surface area contributed by atoms with E-state index < -0.39 is 0 Å². The third kappa shape index (κ3) is 2.59. The minimum Gasteiger partial charge on any atom is -0.328 e. The zero-order valence-corrected chi connectivity index (χ0v) is 12.6. The number of carbonyl (C=O) groups excluding carboxylic acids is 1. The van der Waals surface area contributed by atoms with Gasteiger partial charge in [-0.05, 0) is 24.6 Å². The number of nitrogens with zero attached hydrogens (tertiary/aromatic N) is 4. The lowest BCUT2D eigenvalue weighted by Crippen LogP contribution is -2.49. The highest BCUT2D eigenvalue weighted by atomic mass is 19.1. The summed E-state index contributed by atoms with van der Waals surface area (Å²) in [5, 5.41) is 11.1. The maximum atomic E-state index is 13.5. The summed E-state index contributed by atoms with van der Waals surface area (Å²) in [7, 11) is 1.75. The van der Waals surface area contributed by atoms with Crippen LogP contribution in [0.2, 0.25) is 0 Å². The molecular weight excluding hydrogens is 285 g/mol. The Kier molecular flexibility index (Phi) is 3.89. The van der Waals surface area contributed by atoms with Crippen LogP contribution in [0, 0.1) is 12.7 Å². The molecule has 1 fully saturated rings. The Morgan fingerprint density at radius 1 is 1.45 bits per heavy atom. The van der Waals surface area contributed by atoms with E-state index in [1.54, 1.807) is 22.7 Å². The number of amides is 1. The fourth-order valence-corrected chi connectivity index (χ4v) is 2.70. The van der Waals surface area contributed by atoms with Crippen LogP contribution in [0.5, 0.6) is 0 Å². The average Bonchev–Trinajstić information content (AvgIpc) is 2.86. The first-order chi connectivity index (χ1) is 10.6. The Hall–Kier alpha value is -2.28. The Morgan fingerprint density at radius 2 is 2.27 bits per heavy atom. The molecular formula is C15H18FN5O. The van der Waals surface area contributed by atoms with E-state index in [9.17, 15) is 9.18 Å². The van der Waals surface area contributed by atoms with Crippen LogP contribution in [0.3, 0.4) is 0 Å². The molecule has 1 atom stereocenters. The van der Waals surface area contributed by atoms with Gasteiger partial charge in [-0.15, -0.1) is 5.10 Å². The van der Waals surface area contributed by atoms with Gasteiger partial charge in [0.2, 0.25) is 0 Å². The molecule has 116 valence electrons. The second kappa shape index (κ2) is 5.84. The summed E-state index contributed by atoms with van der Waals surface area (Å²) >= 11 is 0. The van der Waals surface area contributed by atoms with E-state index in [0.717, 1.165) is 11.3 Å². The van der Waals surface area contributed by atoms with Crippen LogP contribution in [-0.2, 0) is 7.05 Å². The molecule has 2 aromatic rings. The summed E-state index contributed by atoms with van der Waals surface area (Å²) in [4.78, 5) is 14.5. The largest absolute Gasteiger partial charge is 0.328 e. The molecule has 0 bridgehead atoms. The molecule has 2 heterocycles. The van der Waals surface area contributed by atoms with Crippen molar-refractivity contribution in [3.05, 3.63) is 47.0 Å². The van der Waals surface area contributed by atoms with E-state index in [1.165, 1.54) is 12.1 Å². The van der Waals surface area contributed by atoms with E-state index in [1.807, 2.05) is 13.0 Å². The maximum Gasteiger partial charge on any atom is 0.276 e. The summed E-state index contributed by atoms with van der Waals surface area (Å²) < 4.78 is 15.1. The van der Waals surface area contributed by atoms with E-state index in [4.69, 9.17) is 0 Å². The monoisotopic (exact) mass is 303 g/mol. The minimum absolute atomic E-state index is 0.165. The molecule has 1 unspecified atom stereocenters. The molecule has 1 aliphatic rings. The lowest BCUT2D eigenvalue weighted by atomic mass is 10.0. The minimum atomic E-state index is -0.300. The smallest absolute Gasteiger partial charge is 0.276 e. The zero-order valence-electron chi connectivity index (χ0n) is 12.6. The van der Waals surface area contributed by atoms with Gasteiger partial charge in [-0.25, -0.2) is 4.39 Å². The van der Waals surface area contributed by atoms with Crippen molar-refractivity contribution in [2.24, 2.45) is 7.05 Å². The molecule has 1 aromatic heterocycles. The van der Waals surface area contributed by atoms with Crippen molar-refractivity contribution >= 4 is 5.91 Å². The van der Waals surface area contributed by atoms with E-state index in [0.29, 0.717) is 25.3 Å². The van der Waals surface area contributed by atoms with Crippen LogP contribution < -0.4 is 5.32 Å². The highest BCUT2D eigenvalue weighted by Gasteiger charge is 2.31. The molecule has 3 rings (SSSR count). The number of rotatable bonds is 2. The first-order valence-electron chi connectivity index (χ1n) is 7.21.